The number of amides is 3. The van der Waals surface area contributed by atoms with Crippen LogP contribution in [0.1, 0.15) is 69.7 Å². The Morgan fingerprint density at radius 3 is 2.67 bits per heavy atom. The van der Waals surface area contributed by atoms with Crippen molar-refractivity contribution in [2.75, 3.05) is 26.3 Å². The Bertz CT molecular complexity index is 1250. The second-order valence-corrected chi connectivity index (χ2v) is 12.4. The lowest BCUT2D eigenvalue weighted by Crippen LogP contribution is -2.58. The molecule has 4 heterocycles. The van der Waals surface area contributed by atoms with Crippen LogP contribution >= 0.6 is 0 Å². The summed E-state index contributed by atoms with van der Waals surface area (Å²) in [5.74, 6) is 1.30. The van der Waals surface area contributed by atoms with Crippen molar-refractivity contribution in [3.8, 4) is 0 Å². The number of hydrogen-bond donors (Lipinski definition) is 2. The summed E-state index contributed by atoms with van der Waals surface area (Å²) >= 11 is 0. The third kappa shape index (κ3) is 7.12. The number of allylic oxidation sites excluding steroid dienone is 2. The minimum absolute atomic E-state index is 0.0670. The average molecular weight is 576 g/mol. The molecule has 3 aliphatic rings. The molecule has 5 rings (SSSR count). The maximum absolute atomic E-state index is 13.8. The van der Waals surface area contributed by atoms with Gasteiger partial charge in [0.25, 0.3) is 0 Å². The molecule has 1 spiro atoms. The van der Waals surface area contributed by atoms with E-state index in [1.165, 1.54) is 0 Å². The van der Waals surface area contributed by atoms with Crippen molar-refractivity contribution in [2.24, 2.45) is 11.3 Å². The minimum Gasteiger partial charge on any atom is -0.381 e. The summed E-state index contributed by atoms with van der Waals surface area (Å²) in [6.45, 7) is 7.10. The molecule has 0 bridgehead atoms. The second-order valence-electron chi connectivity index (χ2n) is 12.4. The van der Waals surface area contributed by atoms with Crippen molar-refractivity contribution >= 4 is 17.7 Å². The van der Waals surface area contributed by atoms with Gasteiger partial charge < -0.3 is 24.8 Å². The van der Waals surface area contributed by atoms with Crippen LogP contribution in [0.2, 0.25) is 0 Å². The zero-order chi connectivity index (χ0) is 29.5. The lowest BCUT2D eigenvalue weighted by atomic mass is 9.75. The number of ether oxygens (including phenoxy) is 1. The highest BCUT2D eigenvalue weighted by Crippen LogP contribution is 2.36. The van der Waals surface area contributed by atoms with E-state index in [9.17, 15) is 14.4 Å². The van der Waals surface area contributed by atoms with Crippen LogP contribution in [0.25, 0.3) is 0 Å². The molecule has 226 valence electrons. The normalized spacial score (nSPS) is 25.6. The number of nitrogens with zero attached hydrogens (tertiary/aromatic N) is 3. The number of imidazole rings is 1. The van der Waals surface area contributed by atoms with E-state index >= 15 is 0 Å². The van der Waals surface area contributed by atoms with Crippen LogP contribution in [0.15, 0.2) is 54.9 Å². The summed E-state index contributed by atoms with van der Waals surface area (Å²) in [6, 6.07) is 9.09. The van der Waals surface area contributed by atoms with Gasteiger partial charge in [-0.1, -0.05) is 56.3 Å². The Balaban J connectivity index is 1.31. The molecule has 0 radical (unpaired) electrons. The highest BCUT2D eigenvalue weighted by Gasteiger charge is 2.41. The standard InChI is InChI=1S/C33H45N5O4/c1-24(2)30-34-16-19-37(30)18-12-29(39)38-17-11-27-26(23-38)10-6-7-13-33(14-20-42-21-15-33)32(41)36-28(31(40)35-27)22-25-8-4-3-5-9-25/h3-9,16,19,24,26-28H,10-15,17-18,20-23H2,1-2H3,(H,35,40)(H,36,41)/b7-6+/t26-,27+,28+/m1/s1. The van der Waals surface area contributed by atoms with Crippen molar-refractivity contribution in [1.82, 2.24) is 25.1 Å². The van der Waals surface area contributed by atoms with Gasteiger partial charge in [0.2, 0.25) is 17.7 Å². The molecule has 2 saturated heterocycles. The van der Waals surface area contributed by atoms with Gasteiger partial charge in [0.15, 0.2) is 0 Å². The van der Waals surface area contributed by atoms with Gasteiger partial charge in [-0.15, -0.1) is 0 Å². The maximum atomic E-state index is 13.8. The second kappa shape index (κ2) is 13.7. The lowest BCUT2D eigenvalue weighted by molar-refractivity contribution is -0.140. The van der Waals surface area contributed by atoms with E-state index in [0.29, 0.717) is 77.3 Å². The van der Waals surface area contributed by atoms with Gasteiger partial charge in [0, 0.05) is 76.0 Å². The number of carbonyl (C=O) groups is 3. The van der Waals surface area contributed by atoms with Crippen LogP contribution in [0.3, 0.4) is 0 Å². The Morgan fingerprint density at radius 1 is 1.12 bits per heavy atom. The number of nitrogens with one attached hydrogen (secondary N) is 2. The van der Waals surface area contributed by atoms with Gasteiger partial charge in [-0.05, 0) is 37.7 Å². The zero-order valence-electron chi connectivity index (χ0n) is 25.0. The summed E-state index contributed by atoms with van der Waals surface area (Å²) in [6.07, 6.45) is 12.2. The Kier molecular flexibility index (Phi) is 9.77. The third-order valence-corrected chi connectivity index (χ3v) is 9.20. The van der Waals surface area contributed by atoms with Crippen molar-refractivity contribution in [2.45, 2.75) is 83.3 Å². The van der Waals surface area contributed by atoms with Crippen LogP contribution in [-0.4, -0.2) is 70.6 Å². The summed E-state index contributed by atoms with van der Waals surface area (Å²) in [4.78, 5) is 47.2. The summed E-state index contributed by atoms with van der Waals surface area (Å²) < 4.78 is 7.67. The quantitative estimate of drug-likeness (QED) is 0.512. The van der Waals surface area contributed by atoms with Gasteiger partial charge in [0.05, 0.1) is 5.41 Å². The van der Waals surface area contributed by atoms with Crippen molar-refractivity contribution in [3.63, 3.8) is 0 Å². The molecule has 0 unspecified atom stereocenters. The highest BCUT2D eigenvalue weighted by molar-refractivity contribution is 5.90. The van der Waals surface area contributed by atoms with E-state index in [-0.39, 0.29) is 29.7 Å². The topological polar surface area (TPSA) is 106 Å². The molecule has 0 aliphatic carbocycles. The molecule has 42 heavy (non-hydrogen) atoms. The van der Waals surface area contributed by atoms with Crippen molar-refractivity contribution < 1.29 is 19.1 Å². The molecule has 3 atom stereocenters. The number of aryl methyl sites for hydroxylation is 1. The van der Waals surface area contributed by atoms with E-state index in [2.05, 4.69) is 46.2 Å². The summed E-state index contributed by atoms with van der Waals surface area (Å²) in [5.41, 5.74) is 0.417. The van der Waals surface area contributed by atoms with Crippen LogP contribution in [0.5, 0.6) is 0 Å². The van der Waals surface area contributed by atoms with Crippen LogP contribution in [0, 0.1) is 11.3 Å². The first-order valence-corrected chi connectivity index (χ1v) is 15.5. The predicted molar refractivity (Wildman–Crippen MR) is 160 cm³/mol. The summed E-state index contributed by atoms with van der Waals surface area (Å²) in [5, 5.41) is 6.44. The van der Waals surface area contributed by atoms with Crippen molar-refractivity contribution in [1.29, 1.82) is 0 Å². The van der Waals surface area contributed by atoms with Gasteiger partial charge >= 0.3 is 0 Å². The largest absolute Gasteiger partial charge is 0.381 e. The fraction of sp³-hybridized carbons (Fsp3) is 0.576. The number of fused-ring (bicyclic) bond motifs is 1. The van der Waals surface area contributed by atoms with E-state index in [0.717, 1.165) is 17.8 Å². The first-order chi connectivity index (χ1) is 20.3. The SMILES string of the molecule is CC(C)c1nccn1CCC(=O)N1CC[C@@H]2NC(=O)[C@H](Cc3ccccc3)NC(=O)C3(C/C=C/C[C@@H]2C1)CCOCC3. The number of likely N-dealkylation sites (tertiary alicyclic amines) is 1. The number of hydrogen-bond acceptors (Lipinski definition) is 5. The van der Waals surface area contributed by atoms with Gasteiger partial charge in [-0.25, -0.2) is 4.98 Å². The number of rotatable bonds is 6. The fourth-order valence-electron chi connectivity index (χ4n) is 6.59. The molecule has 2 fully saturated rings. The molecule has 1 aromatic carbocycles. The van der Waals surface area contributed by atoms with E-state index in [1.807, 2.05) is 41.4 Å². The predicted octanol–water partition coefficient (Wildman–Crippen LogP) is 3.60. The average Bonchev–Trinajstić information content (AvgIpc) is 3.48. The molecule has 1 aromatic heterocycles. The Labute approximate surface area is 249 Å². The number of benzene rings is 1. The van der Waals surface area contributed by atoms with Gasteiger partial charge in [-0.2, -0.15) is 0 Å². The molecule has 9 nitrogen and oxygen atoms in total. The molecular weight excluding hydrogens is 530 g/mol. The molecule has 3 aliphatic heterocycles. The molecular formula is C33H45N5O4. The Hall–Kier alpha value is -3.46. The Morgan fingerprint density at radius 2 is 1.90 bits per heavy atom. The number of carbonyl (C=O) groups excluding carboxylic acids is 3. The smallest absolute Gasteiger partial charge is 0.243 e. The monoisotopic (exact) mass is 575 g/mol. The lowest BCUT2D eigenvalue weighted by Gasteiger charge is -2.40. The molecule has 9 heteroatoms. The van der Waals surface area contributed by atoms with E-state index in [1.54, 1.807) is 6.20 Å². The highest BCUT2D eigenvalue weighted by atomic mass is 16.5. The minimum atomic E-state index is -0.673. The van der Waals surface area contributed by atoms with Crippen LogP contribution in [0.4, 0.5) is 0 Å². The van der Waals surface area contributed by atoms with Crippen molar-refractivity contribution in [3.05, 3.63) is 66.3 Å². The van der Waals surface area contributed by atoms with E-state index < -0.39 is 11.5 Å². The molecule has 3 amide bonds. The van der Waals surface area contributed by atoms with Gasteiger partial charge in [0.1, 0.15) is 11.9 Å². The molecule has 2 aromatic rings. The zero-order valence-corrected chi connectivity index (χ0v) is 25.0. The molecule has 2 N–H and O–H groups in total. The summed E-state index contributed by atoms with van der Waals surface area (Å²) in [7, 11) is 0. The van der Waals surface area contributed by atoms with Crippen LogP contribution in [-0.2, 0) is 32.1 Å². The number of piperidine rings is 1. The maximum Gasteiger partial charge on any atom is 0.243 e. The fourth-order valence-corrected chi connectivity index (χ4v) is 6.59. The molecule has 0 saturated carbocycles. The van der Waals surface area contributed by atoms with Crippen LogP contribution < -0.4 is 10.6 Å². The first-order valence-electron chi connectivity index (χ1n) is 15.5. The first kappa shape index (κ1) is 30.0. The third-order valence-electron chi connectivity index (χ3n) is 9.20. The van der Waals surface area contributed by atoms with Gasteiger partial charge in [-0.3, -0.25) is 14.4 Å². The van der Waals surface area contributed by atoms with E-state index in [4.69, 9.17) is 4.74 Å². The number of aromatic nitrogens is 2.